The molecule has 1 saturated heterocycles. The van der Waals surface area contributed by atoms with Crippen LogP contribution in [0.1, 0.15) is 36.7 Å². The van der Waals surface area contributed by atoms with Gasteiger partial charge in [-0.2, -0.15) is 0 Å². The van der Waals surface area contributed by atoms with Crippen LogP contribution >= 0.6 is 0 Å². The minimum Gasteiger partial charge on any atom is -0.381 e. The van der Waals surface area contributed by atoms with E-state index >= 15 is 0 Å². The molecule has 0 aromatic carbocycles. The second-order valence-electron chi connectivity index (χ2n) is 4.46. The molecule has 88 valence electrons. The topological polar surface area (TPSA) is 61.0 Å². The molecule has 16 heavy (non-hydrogen) atoms. The predicted octanol–water partition coefficient (Wildman–Crippen LogP) is 1.60. The molecule has 2 rings (SSSR count). The van der Waals surface area contributed by atoms with Crippen LogP contribution in [0.3, 0.4) is 0 Å². The fourth-order valence-electron chi connectivity index (χ4n) is 2.07. The zero-order valence-electron chi connectivity index (χ0n) is 9.72. The highest BCUT2D eigenvalue weighted by Crippen LogP contribution is 2.25. The number of hydrogen-bond acceptors (Lipinski definition) is 4. The summed E-state index contributed by atoms with van der Waals surface area (Å²) in [6.45, 7) is 3.64. The number of hydrogen-bond donors (Lipinski definition) is 1. The molecule has 2 heterocycles. The monoisotopic (exact) mass is 221 g/mol. The van der Waals surface area contributed by atoms with Gasteiger partial charge < -0.3 is 10.5 Å². The summed E-state index contributed by atoms with van der Waals surface area (Å²) < 4.78 is 5.34. The summed E-state index contributed by atoms with van der Waals surface area (Å²) >= 11 is 0. The third-order valence-electron chi connectivity index (χ3n) is 3.16. The number of rotatable bonds is 3. The molecule has 0 saturated carbocycles. The van der Waals surface area contributed by atoms with Gasteiger partial charge in [-0.15, -0.1) is 0 Å². The first kappa shape index (κ1) is 11.5. The third-order valence-corrected chi connectivity index (χ3v) is 3.16. The molecule has 0 aliphatic carbocycles. The molecule has 1 aliphatic rings. The first-order chi connectivity index (χ1) is 7.75. The molecule has 0 amide bonds. The SMILES string of the molecule is Cc1ncc(C(N)CC2CCOCC2)cn1. The molecule has 1 aliphatic heterocycles. The molecule has 1 aromatic rings. The van der Waals surface area contributed by atoms with Crippen molar-refractivity contribution in [2.24, 2.45) is 11.7 Å². The van der Waals surface area contributed by atoms with Crippen molar-refractivity contribution in [2.45, 2.75) is 32.2 Å². The van der Waals surface area contributed by atoms with Crippen LogP contribution in [0, 0.1) is 12.8 Å². The molecule has 1 atom stereocenters. The molecule has 1 unspecified atom stereocenters. The van der Waals surface area contributed by atoms with Gasteiger partial charge in [0.05, 0.1) is 0 Å². The lowest BCUT2D eigenvalue weighted by Crippen LogP contribution is -2.21. The van der Waals surface area contributed by atoms with Crippen LogP contribution in [0.4, 0.5) is 0 Å². The van der Waals surface area contributed by atoms with E-state index < -0.39 is 0 Å². The molecular formula is C12H19N3O. The molecule has 0 bridgehead atoms. The zero-order valence-corrected chi connectivity index (χ0v) is 9.72. The second kappa shape index (κ2) is 5.37. The van der Waals surface area contributed by atoms with E-state index in [1.165, 1.54) is 0 Å². The average Bonchev–Trinajstić information content (AvgIpc) is 2.31. The van der Waals surface area contributed by atoms with Gasteiger partial charge in [0.2, 0.25) is 0 Å². The fourth-order valence-corrected chi connectivity index (χ4v) is 2.07. The lowest BCUT2D eigenvalue weighted by atomic mass is 9.91. The van der Waals surface area contributed by atoms with E-state index in [-0.39, 0.29) is 6.04 Å². The highest BCUT2D eigenvalue weighted by atomic mass is 16.5. The van der Waals surface area contributed by atoms with E-state index in [9.17, 15) is 0 Å². The van der Waals surface area contributed by atoms with E-state index in [4.69, 9.17) is 10.5 Å². The smallest absolute Gasteiger partial charge is 0.125 e. The van der Waals surface area contributed by atoms with Gasteiger partial charge in [0, 0.05) is 37.2 Å². The van der Waals surface area contributed by atoms with Crippen molar-refractivity contribution in [3.8, 4) is 0 Å². The Bertz CT molecular complexity index is 320. The fraction of sp³-hybridized carbons (Fsp3) is 0.667. The molecule has 4 heteroatoms. The van der Waals surface area contributed by atoms with Gasteiger partial charge in [-0.1, -0.05) is 0 Å². The van der Waals surface area contributed by atoms with E-state index in [0.29, 0.717) is 5.92 Å². The summed E-state index contributed by atoms with van der Waals surface area (Å²) in [5, 5.41) is 0. The maximum Gasteiger partial charge on any atom is 0.125 e. The van der Waals surface area contributed by atoms with Crippen molar-refractivity contribution >= 4 is 0 Å². The van der Waals surface area contributed by atoms with E-state index in [1.807, 2.05) is 19.3 Å². The van der Waals surface area contributed by atoms with Gasteiger partial charge >= 0.3 is 0 Å². The van der Waals surface area contributed by atoms with Crippen molar-refractivity contribution in [3.63, 3.8) is 0 Å². The third kappa shape index (κ3) is 3.00. The Kier molecular flexibility index (Phi) is 3.85. The Morgan fingerprint density at radius 3 is 2.62 bits per heavy atom. The standard InChI is InChI=1S/C12H19N3O/c1-9-14-7-11(8-15-9)12(13)6-10-2-4-16-5-3-10/h7-8,10,12H,2-6,13H2,1H3. The maximum atomic E-state index is 6.16. The number of nitrogens with zero attached hydrogens (tertiary/aromatic N) is 2. The zero-order chi connectivity index (χ0) is 11.4. The van der Waals surface area contributed by atoms with Gasteiger partial charge in [-0.05, 0) is 32.1 Å². The van der Waals surface area contributed by atoms with Gasteiger partial charge in [-0.3, -0.25) is 0 Å². The largest absolute Gasteiger partial charge is 0.381 e. The Morgan fingerprint density at radius 2 is 2.00 bits per heavy atom. The van der Waals surface area contributed by atoms with E-state index in [0.717, 1.165) is 43.9 Å². The van der Waals surface area contributed by atoms with Crippen molar-refractivity contribution in [3.05, 3.63) is 23.8 Å². The number of nitrogens with two attached hydrogens (primary N) is 1. The Labute approximate surface area is 96.2 Å². The summed E-state index contributed by atoms with van der Waals surface area (Å²) in [5.74, 6) is 1.48. The Balaban J connectivity index is 1.91. The van der Waals surface area contributed by atoms with E-state index in [1.54, 1.807) is 0 Å². The lowest BCUT2D eigenvalue weighted by molar-refractivity contribution is 0.0618. The molecule has 2 N–H and O–H groups in total. The van der Waals surface area contributed by atoms with Crippen molar-refractivity contribution in [1.29, 1.82) is 0 Å². The highest BCUT2D eigenvalue weighted by Gasteiger charge is 2.18. The molecule has 1 aromatic heterocycles. The van der Waals surface area contributed by atoms with Crippen LogP contribution < -0.4 is 5.73 Å². The van der Waals surface area contributed by atoms with Gasteiger partial charge in [-0.25, -0.2) is 9.97 Å². The van der Waals surface area contributed by atoms with Gasteiger partial charge in [0.25, 0.3) is 0 Å². The van der Waals surface area contributed by atoms with Crippen molar-refractivity contribution < 1.29 is 4.74 Å². The summed E-state index contributed by atoms with van der Waals surface area (Å²) in [4.78, 5) is 8.35. The van der Waals surface area contributed by atoms with Crippen molar-refractivity contribution in [2.75, 3.05) is 13.2 Å². The summed E-state index contributed by atoms with van der Waals surface area (Å²) in [6.07, 6.45) is 6.94. The highest BCUT2D eigenvalue weighted by molar-refractivity contribution is 5.10. The number of aromatic nitrogens is 2. The molecule has 1 fully saturated rings. The maximum absolute atomic E-state index is 6.16. The van der Waals surface area contributed by atoms with Crippen LogP contribution in [0.25, 0.3) is 0 Å². The van der Waals surface area contributed by atoms with Crippen LogP contribution in [-0.4, -0.2) is 23.2 Å². The quantitative estimate of drug-likeness (QED) is 0.842. The van der Waals surface area contributed by atoms with Crippen LogP contribution in [0.2, 0.25) is 0 Å². The Hall–Kier alpha value is -1.00. The van der Waals surface area contributed by atoms with E-state index in [2.05, 4.69) is 9.97 Å². The number of aryl methyl sites for hydroxylation is 1. The molecular weight excluding hydrogens is 202 g/mol. The summed E-state index contributed by atoms with van der Waals surface area (Å²) in [6, 6.07) is 0.0590. The first-order valence-corrected chi connectivity index (χ1v) is 5.87. The van der Waals surface area contributed by atoms with Gasteiger partial charge in [0.1, 0.15) is 5.82 Å². The minimum absolute atomic E-state index is 0.0590. The number of ether oxygens (including phenoxy) is 1. The van der Waals surface area contributed by atoms with Crippen LogP contribution in [-0.2, 0) is 4.74 Å². The second-order valence-corrected chi connectivity index (χ2v) is 4.46. The normalized spacial score (nSPS) is 19.6. The molecule has 0 radical (unpaired) electrons. The predicted molar refractivity (Wildman–Crippen MR) is 61.9 cm³/mol. The summed E-state index contributed by atoms with van der Waals surface area (Å²) in [7, 11) is 0. The average molecular weight is 221 g/mol. The van der Waals surface area contributed by atoms with Crippen LogP contribution in [0.5, 0.6) is 0 Å². The lowest BCUT2D eigenvalue weighted by Gasteiger charge is -2.24. The Morgan fingerprint density at radius 1 is 1.38 bits per heavy atom. The molecule has 4 nitrogen and oxygen atoms in total. The van der Waals surface area contributed by atoms with Crippen molar-refractivity contribution in [1.82, 2.24) is 9.97 Å². The summed E-state index contributed by atoms with van der Waals surface area (Å²) in [5.41, 5.74) is 7.19. The van der Waals surface area contributed by atoms with Gasteiger partial charge in [0.15, 0.2) is 0 Å². The first-order valence-electron chi connectivity index (χ1n) is 5.87. The molecule has 0 spiro atoms. The minimum atomic E-state index is 0.0590. The van der Waals surface area contributed by atoms with Crippen LogP contribution in [0.15, 0.2) is 12.4 Å².